The number of pyridine rings is 1. The van der Waals surface area contributed by atoms with Crippen molar-refractivity contribution in [1.82, 2.24) is 14.6 Å². The predicted octanol–water partition coefficient (Wildman–Crippen LogP) is 2.86. The van der Waals surface area contributed by atoms with Gasteiger partial charge in [-0.2, -0.15) is 0 Å². The Morgan fingerprint density at radius 2 is 1.88 bits per heavy atom. The largest absolute Gasteiger partial charge is 0.507 e. The number of aromatic hydroxyl groups is 1. The summed E-state index contributed by atoms with van der Waals surface area (Å²) in [6.45, 7) is 0. The van der Waals surface area contributed by atoms with Gasteiger partial charge >= 0.3 is 0 Å². The summed E-state index contributed by atoms with van der Waals surface area (Å²) in [5.41, 5.74) is 1.41. The van der Waals surface area contributed by atoms with Crippen molar-refractivity contribution < 1.29 is 5.11 Å². The molecular formula is C12H8BrN3O. The normalized spacial score (nSPS) is 10.9. The summed E-state index contributed by atoms with van der Waals surface area (Å²) in [6.07, 6.45) is 1.87. The number of halogens is 1. The molecule has 1 aromatic carbocycles. The van der Waals surface area contributed by atoms with Crippen LogP contribution in [-0.2, 0) is 0 Å². The maximum absolute atomic E-state index is 9.82. The molecule has 5 heteroatoms. The molecule has 0 radical (unpaired) electrons. The van der Waals surface area contributed by atoms with Crippen LogP contribution in [-0.4, -0.2) is 19.7 Å². The van der Waals surface area contributed by atoms with Crippen molar-refractivity contribution in [3.05, 3.63) is 47.1 Å². The van der Waals surface area contributed by atoms with Crippen molar-refractivity contribution in [1.29, 1.82) is 0 Å². The maximum atomic E-state index is 9.82. The highest BCUT2D eigenvalue weighted by Gasteiger charge is 2.11. The van der Waals surface area contributed by atoms with Crippen molar-refractivity contribution in [2.24, 2.45) is 0 Å². The Hall–Kier alpha value is -1.88. The molecule has 0 atom stereocenters. The number of fused-ring (bicyclic) bond motifs is 1. The Morgan fingerprint density at radius 3 is 2.71 bits per heavy atom. The van der Waals surface area contributed by atoms with Crippen LogP contribution in [0.2, 0.25) is 0 Å². The van der Waals surface area contributed by atoms with E-state index in [2.05, 4.69) is 26.1 Å². The average Bonchev–Trinajstić information content (AvgIpc) is 2.72. The van der Waals surface area contributed by atoms with Crippen LogP contribution in [0.5, 0.6) is 5.75 Å². The molecule has 4 nitrogen and oxygen atoms in total. The Morgan fingerprint density at radius 1 is 1.06 bits per heavy atom. The fraction of sp³-hybridized carbons (Fsp3) is 0. The molecule has 0 aliphatic rings. The van der Waals surface area contributed by atoms with Crippen LogP contribution < -0.4 is 0 Å². The topological polar surface area (TPSA) is 50.4 Å². The van der Waals surface area contributed by atoms with E-state index >= 15 is 0 Å². The zero-order valence-electron chi connectivity index (χ0n) is 8.71. The van der Waals surface area contributed by atoms with Gasteiger partial charge in [0.1, 0.15) is 5.75 Å². The van der Waals surface area contributed by atoms with Gasteiger partial charge in [-0.25, -0.2) is 0 Å². The molecule has 0 aliphatic carbocycles. The van der Waals surface area contributed by atoms with Crippen LogP contribution in [0.25, 0.3) is 17.0 Å². The van der Waals surface area contributed by atoms with Gasteiger partial charge in [0, 0.05) is 10.7 Å². The number of nitrogens with zero attached hydrogens (tertiary/aromatic N) is 3. The molecule has 0 unspecified atom stereocenters. The summed E-state index contributed by atoms with van der Waals surface area (Å²) >= 11 is 3.40. The fourth-order valence-electron chi connectivity index (χ4n) is 1.71. The third-order valence-corrected chi connectivity index (χ3v) is 2.98. The minimum Gasteiger partial charge on any atom is -0.507 e. The van der Waals surface area contributed by atoms with E-state index in [0.717, 1.165) is 10.1 Å². The van der Waals surface area contributed by atoms with E-state index in [1.54, 1.807) is 12.1 Å². The molecule has 0 fully saturated rings. The molecule has 84 valence electrons. The smallest absolute Gasteiger partial charge is 0.172 e. The summed E-state index contributed by atoms with van der Waals surface area (Å²) in [5, 5.41) is 18.0. The van der Waals surface area contributed by atoms with Gasteiger partial charge in [0.05, 0.1) is 5.56 Å². The first-order valence-corrected chi connectivity index (χ1v) is 5.83. The first-order valence-electron chi connectivity index (χ1n) is 5.04. The summed E-state index contributed by atoms with van der Waals surface area (Å²) in [6, 6.07) is 10.8. The highest BCUT2D eigenvalue weighted by Crippen LogP contribution is 2.27. The first kappa shape index (κ1) is 10.3. The SMILES string of the molecule is Oc1ccccc1-c1nnc2ccc(Br)cn12. The van der Waals surface area contributed by atoms with Crippen molar-refractivity contribution >= 4 is 21.6 Å². The van der Waals surface area contributed by atoms with E-state index in [4.69, 9.17) is 0 Å². The van der Waals surface area contributed by atoms with E-state index in [-0.39, 0.29) is 5.75 Å². The van der Waals surface area contributed by atoms with Crippen LogP contribution in [0.15, 0.2) is 47.1 Å². The summed E-state index contributed by atoms with van der Waals surface area (Å²) in [4.78, 5) is 0. The highest BCUT2D eigenvalue weighted by molar-refractivity contribution is 9.10. The van der Waals surface area contributed by atoms with Crippen molar-refractivity contribution in [3.63, 3.8) is 0 Å². The Balaban J connectivity index is 2.31. The van der Waals surface area contributed by atoms with Gasteiger partial charge in [0.2, 0.25) is 0 Å². The minimum absolute atomic E-state index is 0.196. The fourth-order valence-corrected chi connectivity index (χ4v) is 2.05. The van der Waals surface area contributed by atoms with Gasteiger partial charge in [-0.1, -0.05) is 12.1 Å². The third kappa shape index (κ3) is 1.68. The van der Waals surface area contributed by atoms with Crippen LogP contribution in [0.4, 0.5) is 0 Å². The molecule has 17 heavy (non-hydrogen) atoms. The van der Waals surface area contributed by atoms with Crippen molar-refractivity contribution in [2.75, 3.05) is 0 Å². The summed E-state index contributed by atoms with van der Waals surface area (Å²) < 4.78 is 2.76. The van der Waals surface area contributed by atoms with E-state index < -0.39 is 0 Å². The number of phenols is 1. The third-order valence-electron chi connectivity index (χ3n) is 2.51. The molecule has 0 saturated heterocycles. The summed E-state index contributed by atoms with van der Waals surface area (Å²) in [5.74, 6) is 0.821. The molecule has 0 amide bonds. The quantitative estimate of drug-likeness (QED) is 0.749. The van der Waals surface area contributed by atoms with Crippen LogP contribution >= 0.6 is 15.9 Å². The number of phenolic OH excluding ortho intramolecular Hbond substituents is 1. The molecule has 2 heterocycles. The number of aromatic nitrogens is 3. The molecule has 0 bridgehead atoms. The second-order valence-electron chi connectivity index (χ2n) is 3.62. The Bertz CT molecular complexity index is 693. The van der Waals surface area contributed by atoms with Gasteiger partial charge in [0.15, 0.2) is 11.5 Å². The second kappa shape index (κ2) is 3.85. The zero-order chi connectivity index (χ0) is 11.8. The number of para-hydroxylation sites is 1. The highest BCUT2D eigenvalue weighted by atomic mass is 79.9. The Kier molecular flexibility index (Phi) is 2.33. The number of hydrogen-bond acceptors (Lipinski definition) is 3. The standard InChI is InChI=1S/C12H8BrN3O/c13-8-5-6-11-14-15-12(16(11)7-8)9-3-1-2-4-10(9)17/h1-7,17H. The lowest BCUT2D eigenvalue weighted by Crippen LogP contribution is -1.89. The van der Waals surface area contributed by atoms with Gasteiger partial charge in [-0.15, -0.1) is 10.2 Å². The molecule has 0 aliphatic heterocycles. The van der Waals surface area contributed by atoms with Crippen LogP contribution in [0, 0.1) is 0 Å². The maximum Gasteiger partial charge on any atom is 0.172 e. The number of benzene rings is 1. The molecular weight excluding hydrogens is 282 g/mol. The minimum atomic E-state index is 0.196. The molecule has 0 spiro atoms. The Labute approximate surface area is 106 Å². The van der Waals surface area contributed by atoms with E-state index in [9.17, 15) is 5.11 Å². The van der Waals surface area contributed by atoms with Crippen LogP contribution in [0.1, 0.15) is 0 Å². The average molecular weight is 290 g/mol. The lowest BCUT2D eigenvalue weighted by atomic mass is 10.2. The zero-order valence-corrected chi connectivity index (χ0v) is 10.3. The van der Waals surface area contributed by atoms with Crippen molar-refractivity contribution in [2.45, 2.75) is 0 Å². The molecule has 0 saturated carbocycles. The molecule has 3 rings (SSSR count). The van der Waals surface area contributed by atoms with Gasteiger partial charge in [-0.3, -0.25) is 4.40 Å². The van der Waals surface area contributed by atoms with E-state index in [1.807, 2.05) is 34.9 Å². The monoisotopic (exact) mass is 289 g/mol. The van der Waals surface area contributed by atoms with Gasteiger partial charge in [0.25, 0.3) is 0 Å². The van der Waals surface area contributed by atoms with E-state index in [0.29, 0.717) is 11.4 Å². The molecule has 1 N–H and O–H groups in total. The molecule has 2 aromatic heterocycles. The number of rotatable bonds is 1. The van der Waals surface area contributed by atoms with Crippen LogP contribution in [0.3, 0.4) is 0 Å². The van der Waals surface area contributed by atoms with Gasteiger partial charge < -0.3 is 5.11 Å². The predicted molar refractivity (Wildman–Crippen MR) is 67.8 cm³/mol. The molecule has 3 aromatic rings. The van der Waals surface area contributed by atoms with Gasteiger partial charge in [-0.05, 0) is 40.2 Å². The number of hydrogen-bond donors (Lipinski definition) is 1. The van der Waals surface area contributed by atoms with E-state index in [1.165, 1.54) is 0 Å². The second-order valence-corrected chi connectivity index (χ2v) is 4.53. The lowest BCUT2D eigenvalue weighted by molar-refractivity contribution is 0.477. The lowest BCUT2D eigenvalue weighted by Gasteiger charge is -2.02. The van der Waals surface area contributed by atoms with Crippen molar-refractivity contribution in [3.8, 4) is 17.1 Å². The first-order chi connectivity index (χ1) is 8.25. The summed E-state index contributed by atoms with van der Waals surface area (Å²) in [7, 11) is 0.